The molecule has 0 bridgehead atoms. The van der Waals surface area contributed by atoms with Crippen LogP contribution in [0, 0.1) is 17.8 Å². The summed E-state index contributed by atoms with van der Waals surface area (Å²) < 4.78 is 16.6. The molecule has 2 aliphatic heterocycles. The standard InChI is InChI=1S/C16H22O5/c1-10-6-7-12-9-19-15(17)13-5-3-2-4-11(13)8-20-16(18)14(12)21-10/h6-7,10-14H,2-5,8-9H2,1H3/t10-,11+,12-,13-,14+/m1/s1. The van der Waals surface area contributed by atoms with Crippen LogP contribution < -0.4 is 0 Å². The third-order valence-corrected chi connectivity index (χ3v) is 4.68. The van der Waals surface area contributed by atoms with Crippen LogP contribution in [0.1, 0.15) is 32.6 Å². The average Bonchev–Trinajstić information content (AvgIpc) is 2.50. The summed E-state index contributed by atoms with van der Waals surface area (Å²) in [6.07, 6.45) is 6.85. The summed E-state index contributed by atoms with van der Waals surface area (Å²) in [5.74, 6) is -0.779. The number of rotatable bonds is 0. The van der Waals surface area contributed by atoms with Crippen molar-refractivity contribution in [2.75, 3.05) is 13.2 Å². The number of hydrogen-bond acceptors (Lipinski definition) is 5. The second-order valence-electron chi connectivity index (χ2n) is 6.22. The number of carbonyl (C=O) groups is 2. The van der Waals surface area contributed by atoms with E-state index >= 15 is 0 Å². The van der Waals surface area contributed by atoms with Crippen molar-refractivity contribution in [1.82, 2.24) is 0 Å². The maximum absolute atomic E-state index is 12.3. The van der Waals surface area contributed by atoms with E-state index in [1.165, 1.54) is 0 Å². The lowest BCUT2D eigenvalue weighted by Gasteiger charge is -2.34. The van der Waals surface area contributed by atoms with Crippen LogP contribution >= 0.6 is 0 Å². The summed E-state index contributed by atoms with van der Waals surface area (Å²) in [5, 5.41) is 0. The van der Waals surface area contributed by atoms with Gasteiger partial charge in [0.1, 0.15) is 6.61 Å². The molecule has 0 aromatic rings. The first-order valence-corrected chi connectivity index (χ1v) is 7.82. The van der Waals surface area contributed by atoms with Crippen LogP contribution in [0.3, 0.4) is 0 Å². The summed E-state index contributed by atoms with van der Waals surface area (Å²) in [5.41, 5.74) is 0. The SMILES string of the molecule is C[C@@H]1C=C[C@@H]2COC(=O)[C@@H]3CCCC[C@H]3COC(=O)[C@H]2O1. The van der Waals surface area contributed by atoms with Gasteiger partial charge in [0.05, 0.1) is 18.6 Å². The van der Waals surface area contributed by atoms with Crippen molar-refractivity contribution in [1.29, 1.82) is 0 Å². The van der Waals surface area contributed by atoms with E-state index in [4.69, 9.17) is 14.2 Å². The lowest BCUT2D eigenvalue weighted by atomic mass is 9.79. The summed E-state index contributed by atoms with van der Waals surface area (Å²) in [4.78, 5) is 24.5. The summed E-state index contributed by atoms with van der Waals surface area (Å²) in [7, 11) is 0. The summed E-state index contributed by atoms with van der Waals surface area (Å²) in [6, 6.07) is 0. The topological polar surface area (TPSA) is 61.8 Å². The van der Waals surface area contributed by atoms with Crippen LogP contribution in [0.2, 0.25) is 0 Å². The molecule has 2 heterocycles. The Bertz CT molecular complexity index is 444. The third-order valence-electron chi connectivity index (χ3n) is 4.68. The van der Waals surface area contributed by atoms with Crippen LogP contribution in [0.4, 0.5) is 0 Å². The van der Waals surface area contributed by atoms with Crippen molar-refractivity contribution in [2.45, 2.75) is 44.8 Å². The van der Waals surface area contributed by atoms with Gasteiger partial charge in [-0.2, -0.15) is 0 Å². The largest absolute Gasteiger partial charge is 0.465 e. The molecule has 0 aromatic carbocycles. The predicted octanol–water partition coefficient (Wildman–Crippen LogP) is 1.85. The molecule has 1 aliphatic carbocycles. The van der Waals surface area contributed by atoms with E-state index in [0.717, 1.165) is 25.7 Å². The first-order valence-electron chi connectivity index (χ1n) is 7.82. The molecule has 1 saturated carbocycles. The molecule has 0 N–H and O–H groups in total. The fourth-order valence-electron chi connectivity index (χ4n) is 3.43. The van der Waals surface area contributed by atoms with E-state index < -0.39 is 6.10 Å². The lowest BCUT2D eigenvalue weighted by Crippen LogP contribution is -2.44. The molecule has 21 heavy (non-hydrogen) atoms. The van der Waals surface area contributed by atoms with E-state index in [2.05, 4.69) is 0 Å². The maximum atomic E-state index is 12.3. The Labute approximate surface area is 124 Å². The van der Waals surface area contributed by atoms with Crippen LogP contribution in [-0.4, -0.2) is 37.4 Å². The second-order valence-corrected chi connectivity index (χ2v) is 6.22. The highest BCUT2D eigenvalue weighted by atomic mass is 16.6. The Kier molecular flexibility index (Phi) is 4.29. The van der Waals surface area contributed by atoms with Gasteiger partial charge in [0.25, 0.3) is 0 Å². The highest BCUT2D eigenvalue weighted by Crippen LogP contribution is 2.33. The van der Waals surface area contributed by atoms with Gasteiger partial charge in [-0.15, -0.1) is 0 Å². The van der Waals surface area contributed by atoms with Crippen molar-refractivity contribution >= 4 is 11.9 Å². The van der Waals surface area contributed by atoms with Gasteiger partial charge in [-0.1, -0.05) is 25.0 Å². The minimum atomic E-state index is -0.669. The number of esters is 2. The van der Waals surface area contributed by atoms with Gasteiger partial charge >= 0.3 is 11.9 Å². The molecule has 5 heteroatoms. The minimum Gasteiger partial charge on any atom is -0.465 e. The zero-order valence-electron chi connectivity index (χ0n) is 12.3. The van der Waals surface area contributed by atoms with Crippen molar-refractivity contribution in [3.63, 3.8) is 0 Å². The van der Waals surface area contributed by atoms with Crippen molar-refractivity contribution in [2.24, 2.45) is 17.8 Å². The highest BCUT2D eigenvalue weighted by molar-refractivity contribution is 5.77. The Morgan fingerprint density at radius 2 is 1.76 bits per heavy atom. The van der Waals surface area contributed by atoms with Gasteiger partial charge in [0.2, 0.25) is 0 Å². The Balaban J connectivity index is 1.77. The normalized spacial score (nSPS) is 40.5. The molecule has 0 spiro atoms. The number of cyclic esters (lactones) is 2. The Hall–Kier alpha value is -1.36. The molecule has 1 saturated heterocycles. The van der Waals surface area contributed by atoms with Gasteiger partial charge in [-0.3, -0.25) is 4.79 Å². The van der Waals surface area contributed by atoms with Gasteiger partial charge in [-0.05, 0) is 19.8 Å². The molecule has 5 nitrogen and oxygen atoms in total. The number of fused-ring (bicyclic) bond motifs is 2. The first kappa shape index (κ1) is 14.6. The lowest BCUT2D eigenvalue weighted by molar-refractivity contribution is -0.176. The predicted molar refractivity (Wildman–Crippen MR) is 74.3 cm³/mol. The van der Waals surface area contributed by atoms with E-state index in [1.807, 2.05) is 19.1 Å². The molecular formula is C16H22O5. The zero-order chi connectivity index (χ0) is 14.8. The minimum absolute atomic E-state index is 0.0864. The molecule has 2 fully saturated rings. The Morgan fingerprint density at radius 3 is 2.62 bits per heavy atom. The van der Waals surface area contributed by atoms with E-state index in [0.29, 0.717) is 6.61 Å². The van der Waals surface area contributed by atoms with Crippen LogP contribution in [0.5, 0.6) is 0 Å². The third kappa shape index (κ3) is 3.12. The summed E-state index contributed by atoms with van der Waals surface area (Å²) in [6.45, 7) is 2.36. The van der Waals surface area contributed by atoms with Gasteiger partial charge in [0, 0.05) is 11.8 Å². The zero-order valence-corrected chi connectivity index (χ0v) is 12.3. The van der Waals surface area contributed by atoms with Crippen molar-refractivity contribution < 1.29 is 23.8 Å². The van der Waals surface area contributed by atoms with Gasteiger partial charge in [-0.25, -0.2) is 4.79 Å². The number of hydrogen-bond donors (Lipinski definition) is 0. The fraction of sp³-hybridized carbons (Fsp3) is 0.750. The molecule has 3 rings (SSSR count). The highest BCUT2D eigenvalue weighted by Gasteiger charge is 2.39. The smallest absolute Gasteiger partial charge is 0.336 e. The van der Waals surface area contributed by atoms with Crippen LogP contribution in [0.15, 0.2) is 12.2 Å². The number of ether oxygens (including phenoxy) is 3. The molecule has 3 aliphatic rings. The molecule has 0 radical (unpaired) electrons. The number of carbonyl (C=O) groups excluding carboxylic acids is 2. The average molecular weight is 294 g/mol. The van der Waals surface area contributed by atoms with E-state index in [9.17, 15) is 9.59 Å². The van der Waals surface area contributed by atoms with Crippen molar-refractivity contribution in [3.8, 4) is 0 Å². The summed E-state index contributed by atoms with van der Waals surface area (Å²) >= 11 is 0. The maximum Gasteiger partial charge on any atom is 0.336 e. The second kappa shape index (κ2) is 6.18. The molecular weight excluding hydrogens is 272 g/mol. The molecule has 116 valence electrons. The molecule has 0 aromatic heterocycles. The fourth-order valence-corrected chi connectivity index (χ4v) is 3.43. The quantitative estimate of drug-likeness (QED) is 0.504. The van der Waals surface area contributed by atoms with Gasteiger partial charge in [0.15, 0.2) is 6.10 Å². The Morgan fingerprint density at radius 1 is 1.00 bits per heavy atom. The molecule has 5 atom stereocenters. The van der Waals surface area contributed by atoms with E-state index in [-0.39, 0.29) is 42.4 Å². The van der Waals surface area contributed by atoms with Crippen molar-refractivity contribution in [3.05, 3.63) is 12.2 Å². The monoisotopic (exact) mass is 294 g/mol. The molecule has 0 unspecified atom stereocenters. The van der Waals surface area contributed by atoms with Crippen LogP contribution in [0.25, 0.3) is 0 Å². The van der Waals surface area contributed by atoms with Crippen LogP contribution in [-0.2, 0) is 23.8 Å². The molecule has 0 amide bonds. The van der Waals surface area contributed by atoms with Gasteiger partial charge < -0.3 is 14.2 Å². The van der Waals surface area contributed by atoms with E-state index in [1.54, 1.807) is 0 Å². The first-order chi connectivity index (χ1) is 10.1.